The fourth-order valence-electron chi connectivity index (χ4n) is 2.89. The van der Waals surface area contributed by atoms with Gasteiger partial charge in [0, 0.05) is 17.9 Å². The summed E-state index contributed by atoms with van der Waals surface area (Å²) in [6, 6.07) is 21.7. The van der Waals surface area contributed by atoms with Crippen LogP contribution in [-0.2, 0) is 22.3 Å². The summed E-state index contributed by atoms with van der Waals surface area (Å²) < 4.78 is 24.8. The molecule has 9 heteroatoms. The fraction of sp³-hybridized carbons (Fsp3) is 0.0909. The second-order valence-corrected chi connectivity index (χ2v) is 10.6. The van der Waals surface area contributed by atoms with Crippen molar-refractivity contribution in [2.45, 2.75) is 21.5 Å². The monoisotopic (exact) mass is 469 g/mol. The summed E-state index contributed by atoms with van der Waals surface area (Å²) in [6.45, 7) is 0.291. The third kappa shape index (κ3) is 5.50. The van der Waals surface area contributed by atoms with Crippen LogP contribution in [0.15, 0.2) is 82.0 Å². The summed E-state index contributed by atoms with van der Waals surface area (Å²) in [5, 5.41) is 7.92. The average molecular weight is 470 g/mol. The van der Waals surface area contributed by atoms with Crippen molar-refractivity contribution >= 4 is 49.2 Å². The molecule has 0 saturated carbocycles. The second-order valence-electron chi connectivity index (χ2n) is 6.80. The Morgan fingerprint density at radius 3 is 2.32 bits per heavy atom. The molecule has 1 heterocycles. The Kier molecular flexibility index (Phi) is 6.38. The van der Waals surface area contributed by atoms with Gasteiger partial charge in [-0.1, -0.05) is 48.2 Å². The number of amides is 1. The Balaban J connectivity index is 1.31. The molecular weight excluding hydrogens is 450 g/mol. The quantitative estimate of drug-likeness (QED) is 0.396. The Bertz CT molecular complexity index is 1280. The number of carbonyl (C=O) groups is 1. The standard InChI is InChI=1S/C22H19N3O3S3/c23-31(27,28)18-11-7-15(8-12-18)13-24-21(26)17-9-5-16(6-10-17)14-29-22-25-19-3-1-2-4-20(19)30-22/h1-12H,13-14H2,(H,24,26)(H2,23,27,28). The zero-order chi connectivity index (χ0) is 21.8. The lowest BCUT2D eigenvalue weighted by atomic mass is 10.1. The first kappa shape index (κ1) is 21.5. The molecule has 0 unspecified atom stereocenters. The number of nitrogens with one attached hydrogen (secondary N) is 1. The summed E-state index contributed by atoms with van der Waals surface area (Å²) in [5.41, 5.74) is 3.47. The van der Waals surface area contributed by atoms with Gasteiger partial charge in [-0.05, 0) is 47.5 Å². The first-order valence-electron chi connectivity index (χ1n) is 9.36. The van der Waals surface area contributed by atoms with Gasteiger partial charge >= 0.3 is 0 Å². The van der Waals surface area contributed by atoms with E-state index in [1.807, 2.05) is 30.3 Å². The summed E-state index contributed by atoms with van der Waals surface area (Å²) >= 11 is 3.36. The van der Waals surface area contributed by atoms with E-state index in [0.717, 1.165) is 26.7 Å². The molecule has 0 spiro atoms. The van der Waals surface area contributed by atoms with Crippen LogP contribution in [0.1, 0.15) is 21.5 Å². The number of sulfonamides is 1. The van der Waals surface area contributed by atoms with Crippen LogP contribution >= 0.6 is 23.1 Å². The Hall–Kier alpha value is -2.72. The van der Waals surface area contributed by atoms with Crippen LogP contribution in [0.5, 0.6) is 0 Å². The Morgan fingerprint density at radius 2 is 1.65 bits per heavy atom. The van der Waals surface area contributed by atoms with E-state index in [1.165, 1.54) is 16.8 Å². The number of rotatable bonds is 7. The van der Waals surface area contributed by atoms with E-state index in [-0.39, 0.29) is 10.8 Å². The highest BCUT2D eigenvalue weighted by molar-refractivity contribution is 8.00. The number of hydrogen-bond donors (Lipinski definition) is 2. The van der Waals surface area contributed by atoms with E-state index in [4.69, 9.17) is 5.14 Å². The molecule has 1 amide bonds. The van der Waals surface area contributed by atoms with Crippen molar-refractivity contribution in [1.29, 1.82) is 0 Å². The van der Waals surface area contributed by atoms with Gasteiger partial charge in [-0.15, -0.1) is 11.3 Å². The van der Waals surface area contributed by atoms with Gasteiger partial charge < -0.3 is 5.32 Å². The smallest absolute Gasteiger partial charge is 0.251 e. The number of nitrogens with two attached hydrogens (primary N) is 1. The molecule has 4 rings (SSSR count). The summed E-state index contributed by atoms with van der Waals surface area (Å²) in [6.07, 6.45) is 0. The lowest BCUT2D eigenvalue weighted by Crippen LogP contribution is -2.22. The number of nitrogens with zero attached hydrogens (tertiary/aromatic N) is 1. The number of aromatic nitrogens is 1. The highest BCUT2D eigenvalue weighted by Gasteiger charge is 2.09. The number of carbonyl (C=O) groups excluding carboxylic acids is 1. The minimum atomic E-state index is -3.72. The molecule has 0 aliphatic heterocycles. The summed E-state index contributed by atoms with van der Waals surface area (Å²) in [4.78, 5) is 17.1. The van der Waals surface area contributed by atoms with Crippen molar-refractivity contribution in [3.05, 3.63) is 89.5 Å². The molecule has 0 fully saturated rings. The van der Waals surface area contributed by atoms with Crippen LogP contribution in [0, 0.1) is 0 Å². The van der Waals surface area contributed by atoms with E-state index >= 15 is 0 Å². The van der Waals surface area contributed by atoms with Crippen molar-refractivity contribution in [2.24, 2.45) is 5.14 Å². The van der Waals surface area contributed by atoms with E-state index in [9.17, 15) is 13.2 Å². The van der Waals surface area contributed by atoms with Gasteiger partial charge in [-0.3, -0.25) is 4.79 Å². The van der Waals surface area contributed by atoms with Crippen molar-refractivity contribution in [3.63, 3.8) is 0 Å². The minimum absolute atomic E-state index is 0.0434. The molecule has 4 aromatic rings. The number of benzene rings is 3. The van der Waals surface area contributed by atoms with Gasteiger partial charge in [0.1, 0.15) is 0 Å². The highest BCUT2D eigenvalue weighted by Crippen LogP contribution is 2.31. The maximum Gasteiger partial charge on any atom is 0.251 e. The molecule has 3 N–H and O–H groups in total. The number of thiazole rings is 1. The second kappa shape index (κ2) is 9.19. The van der Waals surface area contributed by atoms with Crippen LogP contribution in [0.3, 0.4) is 0 Å². The van der Waals surface area contributed by atoms with Gasteiger partial charge in [-0.2, -0.15) is 0 Å². The number of fused-ring (bicyclic) bond motifs is 1. The SMILES string of the molecule is NS(=O)(=O)c1ccc(CNC(=O)c2ccc(CSc3nc4ccccc4s3)cc2)cc1. The molecular formula is C22H19N3O3S3. The zero-order valence-electron chi connectivity index (χ0n) is 16.3. The van der Waals surface area contributed by atoms with Gasteiger partial charge in [0.05, 0.1) is 15.1 Å². The summed E-state index contributed by atoms with van der Waals surface area (Å²) in [7, 11) is -3.72. The first-order chi connectivity index (χ1) is 14.9. The molecule has 6 nitrogen and oxygen atoms in total. The largest absolute Gasteiger partial charge is 0.348 e. The molecule has 0 radical (unpaired) electrons. The van der Waals surface area contributed by atoms with E-state index in [2.05, 4.69) is 16.4 Å². The van der Waals surface area contributed by atoms with E-state index in [0.29, 0.717) is 12.1 Å². The van der Waals surface area contributed by atoms with Crippen LogP contribution in [0.2, 0.25) is 0 Å². The lowest BCUT2D eigenvalue weighted by Gasteiger charge is -2.07. The van der Waals surface area contributed by atoms with Gasteiger partial charge in [0.2, 0.25) is 10.0 Å². The number of thioether (sulfide) groups is 1. The molecule has 158 valence electrons. The maximum atomic E-state index is 12.4. The molecule has 1 aromatic heterocycles. The van der Waals surface area contributed by atoms with Gasteiger partial charge in [0.25, 0.3) is 5.91 Å². The zero-order valence-corrected chi connectivity index (χ0v) is 18.8. The predicted octanol–water partition coefficient (Wildman–Crippen LogP) is 4.17. The Labute approximate surface area is 188 Å². The lowest BCUT2D eigenvalue weighted by molar-refractivity contribution is 0.0951. The van der Waals surface area contributed by atoms with Gasteiger partial charge in [0.15, 0.2) is 4.34 Å². The predicted molar refractivity (Wildman–Crippen MR) is 125 cm³/mol. The van der Waals surface area contributed by atoms with E-state index < -0.39 is 10.0 Å². The number of para-hydroxylation sites is 1. The molecule has 0 aliphatic rings. The Morgan fingerprint density at radius 1 is 0.968 bits per heavy atom. The van der Waals surface area contributed by atoms with Crippen LogP contribution < -0.4 is 10.5 Å². The third-order valence-electron chi connectivity index (χ3n) is 4.56. The molecule has 0 aliphatic carbocycles. The summed E-state index contributed by atoms with van der Waals surface area (Å²) in [5.74, 6) is 0.582. The minimum Gasteiger partial charge on any atom is -0.348 e. The van der Waals surface area contributed by atoms with Crippen molar-refractivity contribution in [3.8, 4) is 0 Å². The number of hydrogen-bond acceptors (Lipinski definition) is 6. The third-order valence-corrected chi connectivity index (χ3v) is 7.74. The normalized spacial score (nSPS) is 11.5. The molecule has 0 atom stereocenters. The van der Waals surface area contributed by atoms with Crippen molar-refractivity contribution in [1.82, 2.24) is 10.3 Å². The van der Waals surface area contributed by atoms with Gasteiger partial charge in [-0.25, -0.2) is 18.5 Å². The molecule has 0 bridgehead atoms. The van der Waals surface area contributed by atoms with Crippen molar-refractivity contribution < 1.29 is 13.2 Å². The van der Waals surface area contributed by atoms with Crippen LogP contribution in [0.25, 0.3) is 10.2 Å². The highest BCUT2D eigenvalue weighted by atomic mass is 32.2. The first-order valence-corrected chi connectivity index (χ1v) is 12.7. The fourth-order valence-corrected chi connectivity index (χ4v) is 5.43. The van der Waals surface area contributed by atoms with Crippen LogP contribution in [0.4, 0.5) is 0 Å². The topological polar surface area (TPSA) is 102 Å². The van der Waals surface area contributed by atoms with Crippen LogP contribution in [-0.4, -0.2) is 19.3 Å². The van der Waals surface area contributed by atoms with E-state index in [1.54, 1.807) is 47.4 Å². The maximum absolute atomic E-state index is 12.4. The molecule has 0 saturated heterocycles. The molecule has 3 aromatic carbocycles. The average Bonchev–Trinajstić information content (AvgIpc) is 3.19. The molecule has 31 heavy (non-hydrogen) atoms. The number of primary sulfonamides is 1. The van der Waals surface area contributed by atoms with Crippen molar-refractivity contribution in [2.75, 3.05) is 0 Å².